The lowest BCUT2D eigenvalue weighted by molar-refractivity contribution is -0.150. The van der Waals surface area contributed by atoms with Crippen molar-refractivity contribution in [2.45, 2.75) is 219 Å². The number of unbranched alkanes of at least 4 members (excludes halogenated alkanes) is 1. The molecule has 4 aliphatic rings. The lowest BCUT2D eigenvalue weighted by Crippen LogP contribution is -2.60. The summed E-state index contributed by atoms with van der Waals surface area (Å²) in [6.45, 7) is 18.5. The maximum Gasteiger partial charge on any atom is 0.245 e. The van der Waals surface area contributed by atoms with E-state index in [4.69, 9.17) is 10.5 Å². The van der Waals surface area contributed by atoms with Crippen LogP contribution in [0.2, 0.25) is 0 Å². The van der Waals surface area contributed by atoms with Crippen LogP contribution in [0, 0.1) is 23.7 Å². The molecule has 3 aliphatic carbocycles. The average Bonchev–Trinajstić information content (AvgIpc) is 2.02. The maximum atomic E-state index is 15.4. The van der Waals surface area contributed by atoms with Crippen LogP contribution in [0.15, 0.2) is 59.3 Å². The predicted octanol–water partition coefficient (Wildman–Crippen LogP) is 5.62. The van der Waals surface area contributed by atoms with Gasteiger partial charge in [0.25, 0.3) is 0 Å². The molecule has 88 heavy (non-hydrogen) atoms. The van der Waals surface area contributed by atoms with Crippen LogP contribution >= 0.6 is 0 Å². The van der Waals surface area contributed by atoms with Gasteiger partial charge in [0, 0.05) is 60.4 Å². The van der Waals surface area contributed by atoms with Gasteiger partial charge in [0.1, 0.15) is 48.3 Å². The van der Waals surface area contributed by atoms with E-state index in [0.717, 1.165) is 57.8 Å². The number of likely N-dealkylation sites (N-methyl/N-ethyl adjacent to an activating group) is 5. The summed E-state index contributed by atoms with van der Waals surface area (Å²) in [6, 6.07) is -8.68. The summed E-state index contributed by atoms with van der Waals surface area (Å²) in [4.78, 5) is 137. The van der Waals surface area contributed by atoms with E-state index in [-0.39, 0.29) is 69.0 Å². The molecule has 9 amide bonds. The zero-order chi connectivity index (χ0) is 65.4. The molecule has 1 saturated heterocycles. The third kappa shape index (κ3) is 21.5. The minimum atomic E-state index is -1.40. The molecule has 21 heteroatoms. The molecule has 494 valence electrons. The van der Waals surface area contributed by atoms with Crippen molar-refractivity contribution >= 4 is 53.2 Å². The molecule has 1 aliphatic heterocycles. The number of likely N-dealkylation sites (tertiary alicyclic amines) is 1. The molecule has 4 bridgehead atoms. The number of aliphatic hydroxyl groups excluding tert-OH is 1. The second-order valence-corrected chi connectivity index (χ2v) is 25.9. The Morgan fingerprint density at radius 3 is 1.77 bits per heavy atom. The third-order valence-electron chi connectivity index (χ3n) is 18.0. The van der Waals surface area contributed by atoms with E-state index in [1.54, 1.807) is 57.3 Å². The van der Waals surface area contributed by atoms with Gasteiger partial charge >= 0.3 is 0 Å². The van der Waals surface area contributed by atoms with Gasteiger partial charge in [-0.2, -0.15) is 0 Å². The fourth-order valence-corrected chi connectivity index (χ4v) is 12.7. The highest BCUT2D eigenvalue weighted by molar-refractivity contribution is 5.98. The van der Waals surface area contributed by atoms with E-state index < -0.39 is 102 Å². The van der Waals surface area contributed by atoms with Crippen LogP contribution in [0.4, 0.5) is 0 Å². The third-order valence-corrected chi connectivity index (χ3v) is 18.0. The number of allylic oxidation sites excluding steroid dienone is 9. The predicted molar refractivity (Wildman–Crippen MR) is 342 cm³/mol. The summed E-state index contributed by atoms with van der Waals surface area (Å²) in [5, 5.41) is 21.3. The van der Waals surface area contributed by atoms with Gasteiger partial charge in [-0.1, -0.05) is 108 Å². The van der Waals surface area contributed by atoms with Crippen molar-refractivity contribution in [3.8, 4) is 0 Å². The van der Waals surface area contributed by atoms with Gasteiger partial charge in [-0.3, -0.25) is 43.2 Å². The molecular formula is C67H110N10O11. The van der Waals surface area contributed by atoms with Crippen LogP contribution in [0.5, 0.6) is 0 Å². The molecule has 0 spiro atoms. The number of amides is 9. The number of carbonyl (C=O) groups excluding carboxylic acids is 9. The molecule has 0 aromatic heterocycles. The van der Waals surface area contributed by atoms with Crippen molar-refractivity contribution in [1.82, 2.24) is 45.8 Å². The molecule has 0 radical (unpaired) electrons. The number of rotatable bonds is 39. The Labute approximate surface area is 525 Å². The summed E-state index contributed by atoms with van der Waals surface area (Å²) in [6.07, 6.45) is 18.3. The summed E-state index contributed by atoms with van der Waals surface area (Å²) in [5.41, 5.74) is 11.4. The van der Waals surface area contributed by atoms with Crippen molar-refractivity contribution in [2.75, 3.05) is 68.1 Å². The van der Waals surface area contributed by atoms with Crippen molar-refractivity contribution in [1.29, 1.82) is 0 Å². The molecule has 8 atom stereocenters. The number of aliphatic hydroxyl groups is 1. The number of nitrogens with zero attached hydrogens (tertiary/aromatic N) is 5. The highest BCUT2D eigenvalue weighted by atomic mass is 16.5. The van der Waals surface area contributed by atoms with Gasteiger partial charge in [0.2, 0.25) is 53.2 Å². The first-order valence-electron chi connectivity index (χ1n) is 32.6. The standard InChI is InChI=1S/C67H110N10O11/c1-14-16-17-18-19-21-27-55(61(81)71-52(26-22-25-35-78)64(84)74(11)56(60(68)80)37-44(5)6)73(10)63(83)51(15-2)70-59(79)41-53(66(86)77-33-23-20-24-34-77)72-62(82)57(38-45(7)8)75(12)67(87)58(40-50-48-30-31-49(50)47-29-28-46(48)39-47)76(13)65(85)54(69-9)42-88-36-32-43(3)4/h14,16-19,43-45,50-58,69,78H,1,15,20-42H2,2-13H3,(H2,68,80)(H,70,79)(H,71,81)(H,72,82)/b17-16-,19-18+/t51?,52-,53?,54-,55-,56-,57-,58-/m0/s1. The number of fused-ring (bicyclic) bond motifs is 4. The molecule has 0 aromatic carbocycles. The molecule has 21 nitrogen and oxygen atoms in total. The van der Waals surface area contributed by atoms with Gasteiger partial charge in [0.15, 0.2) is 0 Å². The summed E-state index contributed by atoms with van der Waals surface area (Å²) in [7, 11) is 7.82. The van der Waals surface area contributed by atoms with Crippen LogP contribution in [-0.2, 0) is 47.9 Å². The Balaban J connectivity index is 1.65. The molecule has 2 unspecified atom stereocenters. The maximum absolute atomic E-state index is 15.4. The SMILES string of the molecule is C=C/C=C\C=C\CC[C@@H](C(=O)N[C@@H](CCCCO)C(=O)N(C)[C@@H](CC(C)C)C(N)=O)N(C)C(=O)C(CC)NC(=O)CC(NC(=O)[C@H](CC(C)C)N(C)C(=O)[C@H](CC1C2=C3CCC(=C1CC2)C3)N(C)C(=O)[C@H](COCCC(C)C)NC)C(=O)N1CCCCC1. The van der Waals surface area contributed by atoms with Gasteiger partial charge in [-0.25, -0.2) is 0 Å². The molecular weight excluding hydrogens is 1120 g/mol. The number of piperidine rings is 1. The smallest absolute Gasteiger partial charge is 0.245 e. The zero-order valence-corrected chi connectivity index (χ0v) is 55.3. The number of ether oxygens (including phenoxy) is 1. The monoisotopic (exact) mass is 1230 g/mol. The lowest BCUT2D eigenvalue weighted by Gasteiger charge is -2.38. The van der Waals surface area contributed by atoms with Crippen LogP contribution in [0.25, 0.3) is 0 Å². The molecule has 1 heterocycles. The van der Waals surface area contributed by atoms with Gasteiger partial charge in [-0.15, -0.1) is 0 Å². The quantitative estimate of drug-likeness (QED) is 0.0249. The zero-order valence-electron chi connectivity index (χ0n) is 55.3. The summed E-state index contributed by atoms with van der Waals surface area (Å²) in [5.74, 6) is -4.80. The minimum Gasteiger partial charge on any atom is -0.396 e. The number of nitrogens with two attached hydrogens (primary N) is 1. The first kappa shape index (κ1) is 74.3. The fraction of sp³-hybridized carbons (Fsp3) is 0.716. The van der Waals surface area contributed by atoms with E-state index in [1.165, 1.54) is 56.0 Å². The Morgan fingerprint density at radius 2 is 1.20 bits per heavy atom. The van der Waals surface area contributed by atoms with Crippen LogP contribution in [-0.4, -0.2) is 199 Å². The first-order chi connectivity index (χ1) is 41.8. The van der Waals surface area contributed by atoms with E-state index in [9.17, 15) is 38.7 Å². The Bertz CT molecular complexity index is 2490. The minimum absolute atomic E-state index is 0.00646. The first-order valence-corrected chi connectivity index (χ1v) is 32.6. The number of carbonyl (C=O) groups is 9. The fourth-order valence-electron chi connectivity index (χ4n) is 12.7. The van der Waals surface area contributed by atoms with E-state index in [2.05, 4.69) is 41.7 Å². The van der Waals surface area contributed by atoms with Crippen molar-refractivity contribution < 1.29 is 53.0 Å². The van der Waals surface area contributed by atoms with Gasteiger partial charge < -0.3 is 61.3 Å². The van der Waals surface area contributed by atoms with Crippen molar-refractivity contribution in [2.24, 2.45) is 29.4 Å². The van der Waals surface area contributed by atoms with Gasteiger partial charge in [0.05, 0.1) is 13.0 Å². The topological polar surface area (TPSA) is 273 Å². The lowest BCUT2D eigenvalue weighted by atomic mass is 9.82. The van der Waals surface area contributed by atoms with Crippen LogP contribution in [0.1, 0.15) is 170 Å². The van der Waals surface area contributed by atoms with Crippen molar-refractivity contribution in [3.63, 3.8) is 0 Å². The molecule has 0 aromatic rings. The number of primary amides is 1. The van der Waals surface area contributed by atoms with E-state index in [1.807, 2.05) is 33.8 Å². The molecule has 3 fully saturated rings. The molecule has 2 saturated carbocycles. The van der Waals surface area contributed by atoms with Crippen LogP contribution in [0.3, 0.4) is 0 Å². The van der Waals surface area contributed by atoms with E-state index >= 15 is 9.59 Å². The van der Waals surface area contributed by atoms with Gasteiger partial charge in [-0.05, 0) is 140 Å². The number of hydrogen-bond donors (Lipinski definition) is 6. The molecule has 4 rings (SSSR count). The Kier molecular flexibility index (Phi) is 31.3. The number of hydrogen-bond acceptors (Lipinski definition) is 12. The highest BCUT2D eigenvalue weighted by Crippen LogP contribution is 2.53. The average molecular weight is 1230 g/mol. The summed E-state index contributed by atoms with van der Waals surface area (Å²) >= 11 is 0. The normalized spacial score (nSPS) is 17.8. The number of nitrogens with one attached hydrogen (secondary N) is 4. The Morgan fingerprint density at radius 1 is 0.648 bits per heavy atom. The highest BCUT2D eigenvalue weighted by Gasteiger charge is 2.45. The second-order valence-electron chi connectivity index (χ2n) is 25.9. The largest absolute Gasteiger partial charge is 0.396 e. The summed E-state index contributed by atoms with van der Waals surface area (Å²) < 4.78 is 5.98. The second kappa shape index (κ2) is 37.1. The molecule has 7 N–H and O–H groups in total. The van der Waals surface area contributed by atoms with Crippen LogP contribution < -0.4 is 27.0 Å². The van der Waals surface area contributed by atoms with E-state index in [0.29, 0.717) is 51.3 Å². The van der Waals surface area contributed by atoms with Crippen molar-refractivity contribution in [3.05, 3.63) is 59.3 Å². The Hall–Kier alpha value is -6.19.